The Labute approximate surface area is 124 Å². The fourth-order valence-corrected chi connectivity index (χ4v) is 2.35. The Morgan fingerprint density at radius 2 is 2.00 bits per heavy atom. The van der Waals surface area contributed by atoms with Crippen LogP contribution in [0.25, 0.3) is 0 Å². The molecule has 0 atom stereocenters. The monoisotopic (exact) mass is 339 g/mol. The molecule has 0 aliphatic carbocycles. The molecule has 0 aliphatic heterocycles. The number of nitrogens with zero attached hydrogens (tertiary/aromatic N) is 1. The number of rotatable bonds is 3. The van der Waals surface area contributed by atoms with Crippen molar-refractivity contribution in [2.75, 3.05) is 0 Å². The molecule has 0 aliphatic rings. The minimum atomic E-state index is -0.747. The molecule has 1 heterocycles. The molecular weight excluding hydrogens is 328 g/mol. The summed E-state index contributed by atoms with van der Waals surface area (Å²) < 4.78 is 27.6. The first-order chi connectivity index (χ1) is 9.40. The Morgan fingerprint density at radius 3 is 2.65 bits per heavy atom. The van der Waals surface area contributed by atoms with E-state index in [0.29, 0.717) is 5.56 Å². The van der Waals surface area contributed by atoms with Gasteiger partial charge in [0.05, 0.1) is 4.47 Å². The summed E-state index contributed by atoms with van der Waals surface area (Å²) in [4.78, 5) is 16.2. The van der Waals surface area contributed by atoms with Crippen molar-refractivity contribution in [1.29, 1.82) is 0 Å². The van der Waals surface area contributed by atoms with E-state index in [0.717, 1.165) is 11.6 Å². The maximum atomic E-state index is 13.8. The van der Waals surface area contributed by atoms with Crippen LogP contribution in [-0.4, -0.2) is 10.8 Å². The predicted octanol–water partition coefficient (Wildman–Crippen LogP) is 4.16. The number of Topliss-reactive ketones (excluding diaryl/α,β-unsaturated/α-hetero) is 1. The second kappa shape index (κ2) is 5.79. The summed E-state index contributed by atoms with van der Waals surface area (Å²) >= 11 is 2.98. The number of benzene rings is 1. The highest BCUT2D eigenvalue weighted by Crippen LogP contribution is 2.23. The molecule has 0 spiro atoms. The van der Waals surface area contributed by atoms with Gasteiger partial charge in [-0.3, -0.25) is 9.78 Å². The van der Waals surface area contributed by atoms with Crippen LogP contribution >= 0.6 is 15.9 Å². The van der Waals surface area contributed by atoms with Gasteiger partial charge in [-0.25, -0.2) is 8.78 Å². The third-order valence-electron chi connectivity index (χ3n) is 2.96. The lowest BCUT2D eigenvalue weighted by Crippen LogP contribution is -2.11. The van der Waals surface area contributed by atoms with E-state index in [4.69, 9.17) is 0 Å². The standard InChI is InChI=1S/C15H12BrF2NO/c1-8-5-9(2)15(19-7-8)13(20)6-10-12(17)4-3-11(16)14(10)18/h3-5,7H,6H2,1-2H3. The Kier molecular flexibility index (Phi) is 4.28. The Balaban J connectivity index is 2.35. The number of hydrogen-bond donors (Lipinski definition) is 0. The molecule has 0 saturated carbocycles. The van der Waals surface area contributed by atoms with Gasteiger partial charge >= 0.3 is 0 Å². The molecule has 5 heteroatoms. The number of ketones is 1. The van der Waals surface area contributed by atoms with Crippen LogP contribution in [0.1, 0.15) is 27.2 Å². The van der Waals surface area contributed by atoms with Crippen LogP contribution < -0.4 is 0 Å². The topological polar surface area (TPSA) is 30.0 Å². The first-order valence-corrected chi connectivity index (χ1v) is 6.78. The molecule has 0 radical (unpaired) electrons. The van der Waals surface area contributed by atoms with Crippen LogP contribution in [-0.2, 0) is 6.42 Å². The lowest BCUT2D eigenvalue weighted by molar-refractivity contribution is 0.0985. The lowest BCUT2D eigenvalue weighted by atomic mass is 10.0. The van der Waals surface area contributed by atoms with E-state index >= 15 is 0 Å². The quantitative estimate of drug-likeness (QED) is 0.620. The molecule has 2 aromatic rings. The molecule has 0 N–H and O–H groups in total. The smallest absolute Gasteiger partial charge is 0.186 e. The van der Waals surface area contributed by atoms with Crippen molar-refractivity contribution in [3.05, 3.63) is 62.9 Å². The normalized spacial score (nSPS) is 10.7. The zero-order chi connectivity index (χ0) is 14.9. The van der Waals surface area contributed by atoms with Gasteiger partial charge in [0.2, 0.25) is 0 Å². The number of carbonyl (C=O) groups excluding carboxylic acids is 1. The second-order valence-corrected chi connectivity index (χ2v) is 5.45. The first kappa shape index (κ1) is 14.8. The Bertz CT molecular complexity index is 686. The minimum absolute atomic E-state index is 0.135. The van der Waals surface area contributed by atoms with E-state index in [1.807, 2.05) is 13.0 Å². The van der Waals surface area contributed by atoms with Crippen LogP contribution in [0.2, 0.25) is 0 Å². The van der Waals surface area contributed by atoms with E-state index < -0.39 is 17.4 Å². The largest absolute Gasteiger partial charge is 0.292 e. The highest BCUT2D eigenvalue weighted by molar-refractivity contribution is 9.10. The SMILES string of the molecule is Cc1cnc(C(=O)Cc2c(F)ccc(Br)c2F)c(C)c1. The van der Waals surface area contributed by atoms with Gasteiger partial charge in [0.1, 0.15) is 17.3 Å². The Hall–Kier alpha value is -1.62. The molecular formula is C15H12BrF2NO. The van der Waals surface area contributed by atoms with Crippen LogP contribution in [0.4, 0.5) is 8.78 Å². The zero-order valence-corrected chi connectivity index (χ0v) is 12.6. The molecule has 0 bridgehead atoms. The van der Waals surface area contributed by atoms with Gasteiger partial charge in [-0.2, -0.15) is 0 Å². The van der Waals surface area contributed by atoms with Crippen molar-refractivity contribution < 1.29 is 13.6 Å². The van der Waals surface area contributed by atoms with Gasteiger partial charge in [-0.15, -0.1) is 0 Å². The van der Waals surface area contributed by atoms with Crippen LogP contribution in [0.5, 0.6) is 0 Å². The van der Waals surface area contributed by atoms with E-state index in [-0.39, 0.29) is 22.2 Å². The summed E-state index contributed by atoms with van der Waals surface area (Å²) in [5, 5.41) is 0. The molecule has 0 saturated heterocycles. The van der Waals surface area contributed by atoms with Gasteiger partial charge in [0.25, 0.3) is 0 Å². The highest BCUT2D eigenvalue weighted by Gasteiger charge is 2.18. The van der Waals surface area contributed by atoms with Gasteiger partial charge in [0, 0.05) is 18.2 Å². The molecule has 1 aromatic heterocycles. The van der Waals surface area contributed by atoms with Gasteiger partial charge in [-0.05, 0) is 53.0 Å². The van der Waals surface area contributed by atoms with Gasteiger partial charge < -0.3 is 0 Å². The molecule has 0 unspecified atom stereocenters. The van der Waals surface area contributed by atoms with Gasteiger partial charge in [-0.1, -0.05) is 6.07 Å². The average molecular weight is 340 g/mol. The third-order valence-corrected chi connectivity index (χ3v) is 3.57. The summed E-state index contributed by atoms with van der Waals surface area (Å²) in [7, 11) is 0. The molecule has 104 valence electrons. The fraction of sp³-hybridized carbons (Fsp3) is 0.200. The first-order valence-electron chi connectivity index (χ1n) is 5.99. The molecule has 1 aromatic carbocycles. The van der Waals surface area contributed by atoms with Crippen molar-refractivity contribution in [2.24, 2.45) is 0 Å². The van der Waals surface area contributed by atoms with E-state index in [1.54, 1.807) is 13.1 Å². The van der Waals surface area contributed by atoms with Crippen molar-refractivity contribution >= 4 is 21.7 Å². The maximum absolute atomic E-state index is 13.8. The highest BCUT2D eigenvalue weighted by atomic mass is 79.9. The van der Waals surface area contributed by atoms with Crippen LogP contribution in [0.3, 0.4) is 0 Å². The number of carbonyl (C=O) groups is 1. The summed E-state index contributed by atoms with van der Waals surface area (Å²) in [5.74, 6) is -1.88. The van der Waals surface area contributed by atoms with Crippen molar-refractivity contribution in [3.63, 3.8) is 0 Å². The minimum Gasteiger partial charge on any atom is -0.292 e. The number of halogens is 3. The lowest BCUT2D eigenvalue weighted by Gasteiger charge is -2.08. The number of aromatic nitrogens is 1. The Morgan fingerprint density at radius 1 is 1.30 bits per heavy atom. The predicted molar refractivity (Wildman–Crippen MR) is 75.8 cm³/mol. The second-order valence-electron chi connectivity index (χ2n) is 4.60. The van der Waals surface area contributed by atoms with E-state index in [9.17, 15) is 13.6 Å². The molecule has 0 amide bonds. The van der Waals surface area contributed by atoms with Crippen molar-refractivity contribution in [3.8, 4) is 0 Å². The maximum Gasteiger partial charge on any atom is 0.186 e. The summed E-state index contributed by atoms with van der Waals surface area (Å²) in [5.41, 5.74) is 1.63. The summed E-state index contributed by atoms with van der Waals surface area (Å²) in [6.07, 6.45) is 1.21. The average Bonchev–Trinajstić information content (AvgIpc) is 2.39. The van der Waals surface area contributed by atoms with Crippen LogP contribution in [0.15, 0.2) is 28.9 Å². The number of pyridine rings is 1. The molecule has 2 nitrogen and oxygen atoms in total. The fourth-order valence-electron chi connectivity index (χ4n) is 1.98. The molecule has 0 fully saturated rings. The molecule has 2 rings (SSSR count). The summed E-state index contributed by atoms with van der Waals surface area (Å²) in [6.45, 7) is 3.61. The molecule has 20 heavy (non-hydrogen) atoms. The summed E-state index contributed by atoms with van der Waals surface area (Å²) in [6, 6.07) is 4.22. The number of hydrogen-bond acceptors (Lipinski definition) is 2. The van der Waals surface area contributed by atoms with E-state index in [1.165, 1.54) is 6.07 Å². The van der Waals surface area contributed by atoms with Gasteiger partial charge in [0.15, 0.2) is 5.78 Å². The number of aryl methyl sites for hydroxylation is 2. The van der Waals surface area contributed by atoms with Crippen LogP contribution in [0, 0.1) is 25.5 Å². The third kappa shape index (κ3) is 2.93. The van der Waals surface area contributed by atoms with E-state index in [2.05, 4.69) is 20.9 Å². The van der Waals surface area contributed by atoms with Crippen molar-refractivity contribution in [2.45, 2.75) is 20.3 Å². The van der Waals surface area contributed by atoms with Crippen molar-refractivity contribution in [1.82, 2.24) is 4.98 Å². The zero-order valence-electron chi connectivity index (χ0n) is 11.0.